The van der Waals surface area contributed by atoms with Crippen molar-refractivity contribution in [2.45, 2.75) is 11.3 Å². The van der Waals surface area contributed by atoms with E-state index in [2.05, 4.69) is 34.9 Å². The molecule has 0 fully saturated rings. The molecule has 0 spiro atoms. The molecule has 0 aliphatic rings. The molecular formula is C17H13BrF3NO6S. The first-order valence-corrected chi connectivity index (χ1v) is 9.55. The summed E-state index contributed by atoms with van der Waals surface area (Å²) in [6.45, 7) is 0. The first-order chi connectivity index (χ1) is 13.6. The molecule has 2 aromatic carbocycles. The van der Waals surface area contributed by atoms with Gasteiger partial charge in [0.05, 0.1) is 25.3 Å². The van der Waals surface area contributed by atoms with Crippen LogP contribution in [0.3, 0.4) is 0 Å². The Labute approximate surface area is 173 Å². The summed E-state index contributed by atoms with van der Waals surface area (Å²) in [5, 5.41) is 0. The van der Waals surface area contributed by atoms with E-state index in [-0.39, 0.29) is 26.2 Å². The molecule has 1 unspecified atom stereocenters. The Balaban J connectivity index is 2.43. The lowest BCUT2D eigenvalue weighted by Gasteiger charge is -2.15. The molecule has 0 saturated carbocycles. The number of ether oxygens (including phenoxy) is 3. The zero-order valence-electron chi connectivity index (χ0n) is 14.8. The number of halogens is 4. The average molecular weight is 496 g/mol. The fraction of sp³-hybridized carbons (Fsp3) is 0.176. The van der Waals surface area contributed by atoms with Crippen molar-refractivity contribution in [3.05, 3.63) is 52.0 Å². The minimum Gasteiger partial charge on any atom is -0.465 e. The van der Waals surface area contributed by atoms with E-state index in [1.54, 1.807) is 0 Å². The maximum Gasteiger partial charge on any atom is 0.573 e. The van der Waals surface area contributed by atoms with Crippen LogP contribution < -0.4 is 9.46 Å². The Kier molecular flexibility index (Phi) is 7.25. The highest BCUT2D eigenvalue weighted by Gasteiger charge is 2.33. The third-order valence-corrected chi connectivity index (χ3v) is 5.15. The van der Waals surface area contributed by atoms with Gasteiger partial charge in [0.15, 0.2) is 11.0 Å². The van der Waals surface area contributed by atoms with Crippen molar-refractivity contribution >= 4 is 44.5 Å². The molecule has 0 bridgehead atoms. The molecule has 0 aliphatic carbocycles. The highest BCUT2D eigenvalue weighted by atomic mass is 79.9. The second-order valence-electron chi connectivity index (χ2n) is 5.23. The van der Waals surface area contributed by atoms with Gasteiger partial charge in [-0.1, -0.05) is 12.1 Å². The SMILES string of the molecule is COC(=O)c1cc(NS(=O)c2ccccc2OC(F)(F)F)cc(Br)c1C(=O)OC. The maximum absolute atomic E-state index is 12.6. The zero-order chi connectivity index (χ0) is 21.8. The molecule has 0 aliphatic heterocycles. The van der Waals surface area contributed by atoms with Gasteiger partial charge >= 0.3 is 18.3 Å². The summed E-state index contributed by atoms with van der Waals surface area (Å²) >= 11 is 3.12. The number of methoxy groups -OCH3 is 2. The number of hydrogen-bond donors (Lipinski definition) is 1. The van der Waals surface area contributed by atoms with Crippen LogP contribution in [0.25, 0.3) is 0 Å². The molecule has 7 nitrogen and oxygen atoms in total. The van der Waals surface area contributed by atoms with Gasteiger partial charge in [-0.15, -0.1) is 13.2 Å². The maximum atomic E-state index is 12.6. The molecule has 29 heavy (non-hydrogen) atoms. The van der Waals surface area contributed by atoms with E-state index in [0.717, 1.165) is 26.4 Å². The van der Waals surface area contributed by atoms with E-state index in [1.165, 1.54) is 24.3 Å². The van der Waals surface area contributed by atoms with Crippen molar-refractivity contribution in [3.8, 4) is 5.75 Å². The Bertz CT molecular complexity index is 967. The van der Waals surface area contributed by atoms with E-state index in [4.69, 9.17) is 0 Å². The standard InChI is InChI=1S/C17H13BrF3NO6S/c1-26-15(23)10-7-9(8-11(18)14(10)16(24)27-2)22-29(25)13-6-4-3-5-12(13)28-17(19,20)21/h3-8,22H,1-2H3. The quantitative estimate of drug-likeness (QED) is 0.607. The van der Waals surface area contributed by atoms with E-state index >= 15 is 0 Å². The van der Waals surface area contributed by atoms with E-state index < -0.39 is 35.0 Å². The van der Waals surface area contributed by atoms with Crippen molar-refractivity contribution in [1.29, 1.82) is 0 Å². The van der Waals surface area contributed by atoms with Crippen molar-refractivity contribution in [2.24, 2.45) is 0 Å². The number of carbonyl (C=O) groups is 2. The molecule has 0 heterocycles. The number of esters is 2. The van der Waals surface area contributed by atoms with Crippen molar-refractivity contribution in [1.82, 2.24) is 0 Å². The summed E-state index contributed by atoms with van der Waals surface area (Å²) in [6.07, 6.45) is -4.97. The van der Waals surface area contributed by atoms with Gasteiger partial charge in [0.1, 0.15) is 10.6 Å². The smallest absolute Gasteiger partial charge is 0.465 e. The van der Waals surface area contributed by atoms with Crippen LogP contribution >= 0.6 is 15.9 Å². The highest BCUT2D eigenvalue weighted by molar-refractivity contribution is 9.10. The van der Waals surface area contributed by atoms with Gasteiger partial charge in [0.25, 0.3) is 0 Å². The van der Waals surface area contributed by atoms with Gasteiger partial charge in [-0.2, -0.15) is 0 Å². The predicted molar refractivity (Wildman–Crippen MR) is 100.0 cm³/mol. The Morgan fingerprint density at radius 2 is 1.69 bits per heavy atom. The number of rotatable bonds is 6. The minimum atomic E-state index is -4.97. The first-order valence-electron chi connectivity index (χ1n) is 7.60. The largest absolute Gasteiger partial charge is 0.573 e. The molecule has 0 amide bonds. The molecule has 1 atom stereocenters. The number of para-hydroxylation sites is 1. The number of nitrogens with one attached hydrogen (secondary N) is 1. The van der Waals surface area contributed by atoms with Crippen LogP contribution in [0, 0.1) is 0 Å². The van der Waals surface area contributed by atoms with Gasteiger partial charge in [-0.25, -0.2) is 13.8 Å². The van der Waals surface area contributed by atoms with Crippen molar-refractivity contribution < 1.29 is 41.2 Å². The third kappa shape index (κ3) is 5.70. The number of carbonyl (C=O) groups excluding carboxylic acids is 2. The molecule has 1 N–H and O–H groups in total. The topological polar surface area (TPSA) is 90.9 Å². The Morgan fingerprint density at radius 1 is 1.07 bits per heavy atom. The molecule has 0 radical (unpaired) electrons. The van der Waals surface area contributed by atoms with Crippen molar-refractivity contribution in [3.63, 3.8) is 0 Å². The number of anilines is 1. The van der Waals surface area contributed by atoms with Crippen LogP contribution in [0.2, 0.25) is 0 Å². The number of benzene rings is 2. The van der Waals surface area contributed by atoms with Crippen LogP contribution in [0.5, 0.6) is 5.75 Å². The number of alkyl halides is 3. The second kappa shape index (κ2) is 9.27. The third-order valence-electron chi connectivity index (χ3n) is 3.37. The highest BCUT2D eigenvalue weighted by Crippen LogP contribution is 2.31. The summed E-state index contributed by atoms with van der Waals surface area (Å²) in [4.78, 5) is 23.7. The van der Waals surface area contributed by atoms with Crippen LogP contribution in [0.1, 0.15) is 20.7 Å². The van der Waals surface area contributed by atoms with Gasteiger partial charge < -0.3 is 18.9 Å². The number of hydrogen-bond acceptors (Lipinski definition) is 6. The molecule has 2 rings (SSSR count). The Hall–Kier alpha value is -2.60. The van der Waals surface area contributed by atoms with Crippen LogP contribution in [-0.2, 0) is 20.5 Å². The predicted octanol–water partition coefficient (Wildman–Crippen LogP) is 4.06. The summed E-state index contributed by atoms with van der Waals surface area (Å²) in [7, 11) is 0.0216. The van der Waals surface area contributed by atoms with Gasteiger partial charge in [0.2, 0.25) is 0 Å². The molecular weight excluding hydrogens is 483 g/mol. The van der Waals surface area contributed by atoms with E-state index in [9.17, 15) is 27.0 Å². The molecule has 156 valence electrons. The molecule has 0 aromatic heterocycles. The first kappa shape index (κ1) is 22.7. The van der Waals surface area contributed by atoms with E-state index in [1.807, 2.05) is 0 Å². The lowest BCUT2D eigenvalue weighted by molar-refractivity contribution is -0.275. The van der Waals surface area contributed by atoms with Gasteiger partial charge in [-0.3, -0.25) is 0 Å². The molecule has 0 saturated heterocycles. The van der Waals surface area contributed by atoms with Gasteiger partial charge in [-0.05, 0) is 40.2 Å². The molecule has 12 heteroatoms. The summed E-state index contributed by atoms with van der Waals surface area (Å²) in [6, 6.07) is 7.34. The van der Waals surface area contributed by atoms with Crippen LogP contribution in [0.15, 0.2) is 45.8 Å². The lowest BCUT2D eigenvalue weighted by Crippen LogP contribution is -2.19. The lowest BCUT2D eigenvalue weighted by atomic mass is 10.1. The Morgan fingerprint density at radius 3 is 2.28 bits per heavy atom. The monoisotopic (exact) mass is 495 g/mol. The van der Waals surface area contributed by atoms with Gasteiger partial charge in [0, 0.05) is 10.2 Å². The fourth-order valence-electron chi connectivity index (χ4n) is 2.22. The summed E-state index contributed by atoms with van der Waals surface area (Å²) < 4.78 is 66.0. The fourth-order valence-corrected chi connectivity index (χ4v) is 3.78. The normalized spacial score (nSPS) is 12.1. The van der Waals surface area contributed by atoms with Crippen molar-refractivity contribution in [2.75, 3.05) is 18.9 Å². The minimum absolute atomic E-state index is 0.0603. The second-order valence-corrected chi connectivity index (χ2v) is 7.26. The zero-order valence-corrected chi connectivity index (χ0v) is 17.2. The summed E-state index contributed by atoms with van der Waals surface area (Å²) in [5.41, 5.74) is -0.269. The molecule has 2 aromatic rings. The average Bonchev–Trinajstić information content (AvgIpc) is 2.65. The summed E-state index contributed by atoms with van der Waals surface area (Å²) in [5.74, 6) is -2.35. The van der Waals surface area contributed by atoms with Crippen LogP contribution in [-0.4, -0.2) is 36.7 Å². The van der Waals surface area contributed by atoms with Crippen LogP contribution in [0.4, 0.5) is 18.9 Å². The van der Waals surface area contributed by atoms with E-state index in [0.29, 0.717) is 0 Å².